The normalized spacial score (nSPS) is 10.6. The van der Waals surface area contributed by atoms with Gasteiger partial charge in [0.15, 0.2) is 12.4 Å². The van der Waals surface area contributed by atoms with Crippen LogP contribution in [0.5, 0.6) is 0 Å². The molecular weight excluding hydrogens is 366 g/mol. The van der Waals surface area contributed by atoms with Crippen LogP contribution >= 0.6 is 0 Å². The molecule has 1 N–H and O–H groups in total. The van der Waals surface area contributed by atoms with Crippen molar-refractivity contribution in [2.45, 2.75) is 0 Å². The summed E-state index contributed by atoms with van der Waals surface area (Å²) in [5.74, 6) is -1.02. The number of hydrogen-bond donors (Lipinski definition) is 1. The zero-order valence-corrected chi connectivity index (χ0v) is 15.4. The van der Waals surface area contributed by atoms with Crippen LogP contribution in [0.15, 0.2) is 85.1 Å². The molecule has 5 heteroatoms. The van der Waals surface area contributed by atoms with Crippen molar-refractivity contribution in [3.63, 3.8) is 0 Å². The third-order valence-corrected chi connectivity index (χ3v) is 4.64. The van der Waals surface area contributed by atoms with E-state index in [0.29, 0.717) is 16.7 Å². The number of carbonyl (C=O) groups is 3. The lowest BCUT2D eigenvalue weighted by atomic mass is 10.0. The molecule has 0 aliphatic heterocycles. The second kappa shape index (κ2) is 7.94. The number of aromatic nitrogens is 1. The van der Waals surface area contributed by atoms with Crippen molar-refractivity contribution < 1.29 is 19.1 Å². The maximum Gasteiger partial charge on any atom is 0.338 e. The molecule has 3 aromatic carbocycles. The van der Waals surface area contributed by atoms with Gasteiger partial charge >= 0.3 is 5.97 Å². The summed E-state index contributed by atoms with van der Waals surface area (Å²) in [4.78, 5) is 40.1. The van der Waals surface area contributed by atoms with E-state index in [4.69, 9.17) is 4.74 Å². The molecule has 29 heavy (non-hydrogen) atoms. The Morgan fingerprint density at radius 1 is 0.724 bits per heavy atom. The minimum absolute atomic E-state index is 0.125. The minimum Gasteiger partial charge on any atom is -0.454 e. The molecule has 1 heterocycles. The fourth-order valence-electron chi connectivity index (χ4n) is 3.11. The molecule has 0 aliphatic rings. The van der Waals surface area contributed by atoms with Crippen molar-refractivity contribution in [2.24, 2.45) is 0 Å². The molecule has 0 fully saturated rings. The van der Waals surface area contributed by atoms with E-state index in [1.807, 2.05) is 30.3 Å². The molecule has 0 unspecified atom stereocenters. The summed E-state index contributed by atoms with van der Waals surface area (Å²) in [6.45, 7) is -0.356. The van der Waals surface area contributed by atoms with Crippen molar-refractivity contribution in [3.05, 3.63) is 107 Å². The summed E-state index contributed by atoms with van der Waals surface area (Å²) < 4.78 is 5.16. The lowest BCUT2D eigenvalue weighted by Gasteiger charge is -2.05. The number of rotatable bonds is 6. The first-order valence-electron chi connectivity index (χ1n) is 9.10. The highest BCUT2D eigenvalue weighted by molar-refractivity contribution is 6.10. The topological polar surface area (TPSA) is 76.2 Å². The number of ketones is 2. The number of carbonyl (C=O) groups excluding carboxylic acids is 3. The van der Waals surface area contributed by atoms with Gasteiger partial charge in [0.05, 0.1) is 5.56 Å². The summed E-state index contributed by atoms with van der Waals surface area (Å²) in [7, 11) is 0. The number of H-pyrrole nitrogens is 1. The van der Waals surface area contributed by atoms with E-state index in [9.17, 15) is 14.4 Å². The standard InChI is InChI=1S/C24H17NO4/c26-22(20-14-25-21-9-5-4-8-19(20)21)15-29-24(28)18-12-10-17(11-13-18)23(27)16-6-2-1-3-7-16/h1-14,25H,15H2. The number of fused-ring (bicyclic) bond motifs is 1. The molecule has 0 atom stereocenters. The Kier molecular flexibility index (Phi) is 5.03. The fraction of sp³-hybridized carbons (Fsp3) is 0.0417. The van der Waals surface area contributed by atoms with Gasteiger partial charge in [0.25, 0.3) is 0 Å². The highest BCUT2D eigenvalue weighted by Gasteiger charge is 2.16. The molecule has 0 bridgehead atoms. The zero-order chi connectivity index (χ0) is 20.2. The Morgan fingerprint density at radius 3 is 2.10 bits per heavy atom. The number of hydrogen-bond acceptors (Lipinski definition) is 4. The first kappa shape index (κ1) is 18.4. The van der Waals surface area contributed by atoms with Crippen LogP contribution in [-0.2, 0) is 4.74 Å². The molecule has 0 aliphatic carbocycles. The number of aromatic amines is 1. The molecule has 1 aromatic heterocycles. The number of nitrogens with one attached hydrogen (secondary N) is 1. The second-order valence-corrected chi connectivity index (χ2v) is 6.52. The average molecular weight is 383 g/mol. The second-order valence-electron chi connectivity index (χ2n) is 6.52. The maximum absolute atomic E-state index is 12.4. The van der Waals surface area contributed by atoms with E-state index in [0.717, 1.165) is 10.9 Å². The van der Waals surface area contributed by atoms with Gasteiger partial charge in [-0.25, -0.2) is 4.79 Å². The Hall–Kier alpha value is -3.99. The lowest BCUT2D eigenvalue weighted by Crippen LogP contribution is -2.14. The fourth-order valence-corrected chi connectivity index (χ4v) is 3.11. The first-order valence-corrected chi connectivity index (χ1v) is 9.10. The number of benzene rings is 3. The first-order chi connectivity index (χ1) is 14.1. The summed E-state index contributed by atoms with van der Waals surface area (Å²) in [6, 6.07) is 22.5. The van der Waals surface area contributed by atoms with E-state index in [1.54, 1.807) is 42.6 Å². The Bertz CT molecular complexity index is 1190. The molecule has 0 amide bonds. The van der Waals surface area contributed by atoms with Gasteiger partial charge in [0.2, 0.25) is 5.78 Å². The summed E-state index contributed by atoms with van der Waals surface area (Å²) in [6.07, 6.45) is 1.62. The van der Waals surface area contributed by atoms with Crippen molar-refractivity contribution in [2.75, 3.05) is 6.61 Å². The van der Waals surface area contributed by atoms with Crippen molar-refractivity contribution >= 4 is 28.4 Å². The third-order valence-electron chi connectivity index (χ3n) is 4.64. The van der Waals surface area contributed by atoms with E-state index in [-0.39, 0.29) is 23.7 Å². The van der Waals surface area contributed by atoms with Crippen LogP contribution in [0, 0.1) is 0 Å². The Balaban J connectivity index is 1.41. The van der Waals surface area contributed by atoms with Crippen LogP contribution in [-0.4, -0.2) is 29.1 Å². The third kappa shape index (κ3) is 3.84. The zero-order valence-electron chi connectivity index (χ0n) is 15.4. The minimum atomic E-state index is -0.614. The Morgan fingerprint density at radius 2 is 1.34 bits per heavy atom. The van der Waals surface area contributed by atoms with Gasteiger partial charge in [-0.2, -0.15) is 0 Å². The molecule has 0 saturated heterocycles. The van der Waals surface area contributed by atoms with E-state index >= 15 is 0 Å². The highest BCUT2D eigenvalue weighted by Crippen LogP contribution is 2.18. The van der Waals surface area contributed by atoms with Crippen LogP contribution in [0.2, 0.25) is 0 Å². The van der Waals surface area contributed by atoms with E-state index < -0.39 is 5.97 Å². The van der Waals surface area contributed by atoms with Gasteiger partial charge in [-0.05, 0) is 18.2 Å². The average Bonchev–Trinajstić information content (AvgIpc) is 3.22. The van der Waals surface area contributed by atoms with Crippen LogP contribution < -0.4 is 0 Å². The van der Waals surface area contributed by atoms with Gasteiger partial charge in [0.1, 0.15) is 0 Å². The number of ether oxygens (including phenoxy) is 1. The number of para-hydroxylation sites is 1. The van der Waals surface area contributed by atoms with Crippen molar-refractivity contribution in [3.8, 4) is 0 Å². The van der Waals surface area contributed by atoms with Gasteiger partial charge in [-0.1, -0.05) is 60.7 Å². The summed E-state index contributed by atoms with van der Waals surface area (Å²) in [5.41, 5.74) is 2.66. The predicted octanol–water partition coefficient (Wildman–Crippen LogP) is 4.44. The molecule has 5 nitrogen and oxygen atoms in total. The molecule has 0 spiro atoms. The van der Waals surface area contributed by atoms with Gasteiger partial charge in [-0.3, -0.25) is 9.59 Å². The SMILES string of the molecule is O=C(OCC(=O)c1c[nH]c2ccccc12)c1ccc(C(=O)c2ccccc2)cc1. The van der Waals surface area contributed by atoms with Crippen molar-refractivity contribution in [1.82, 2.24) is 4.98 Å². The van der Waals surface area contributed by atoms with E-state index in [1.165, 1.54) is 12.1 Å². The van der Waals surface area contributed by atoms with Gasteiger partial charge in [0, 0.05) is 33.8 Å². The molecule has 0 radical (unpaired) electrons. The van der Waals surface area contributed by atoms with Crippen LogP contribution in [0.1, 0.15) is 36.6 Å². The summed E-state index contributed by atoms with van der Waals surface area (Å²) >= 11 is 0. The predicted molar refractivity (Wildman–Crippen MR) is 109 cm³/mol. The molecule has 0 saturated carbocycles. The van der Waals surface area contributed by atoms with Crippen LogP contribution in [0.4, 0.5) is 0 Å². The van der Waals surface area contributed by atoms with Crippen molar-refractivity contribution in [1.29, 1.82) is 0 Å². The smallest absolute Gasteiger partial charge is 0.338 e. The summed E-state index contributed by atoms with van der Waals surface area (Å²) in [5, 5.41) is 0.789. The van der Waals surface area contributed by atoms with Crippen LogP contribution in [0.25, 0.3) is 10.9 Å². The largest absolute Gasteiger partial charge is 0.454 e. The number of Topliss-reactive ketones (excluding diaryl/α,β-unsaturated/α-hetero) is 1. The molecule has 142 valence electrons. The lowest BCUT2D eigenvalue weighted by molar-refractivity contribution is 0.0475. The Labute approximate surface area is 166 Å². The van der Waals surface area contributed by atoms with Gasteiger partial charge in [-0.15, -0.1) is 0 Å². The molecule has 4 aromatic rings. The van der Waals surface area contributed by atoms with E-state index in [2.05, 4.69) is 4.98 Å². The molecule has 4 rings (SSSR count). The maximum atomic E-state index is 12.4. The number of esters is 1. The van der Waals surface area contributed by atoms with Gasteiger partial charge < -0.3 is 9.72 Å². The van der Waals surface area contributed by atoms with Crippen LogP contribution in [0.3, 0.4) is 0 Å². The quantitative estimate of drug-likeness (QED) is 0.394. The molecular formula is C24H17NO4. The highest BCUT2D eigenvalue weighted by atomic mass is 16.5. The monoisotopic (exact) mass is 383 g/mol.